The minimum absolute atomic E-state index is 0.0352. The number of aliphatic hydroxyl groups is 1. The summed E-state index contributed by atoms with van der Waals surface area (Å²) in [6, 6.07) is 0. The van der Waals surface area contributed by atoms with Crippen LogP contribution in [0, 0.1) is 0 Å². The SMILES string of the molecule is CCOC(=O)CN(C)C(=O)CCC(C)O. The second kappa shape index (κ2) is 7.23. The van der Waals surface area contributed by atoms with E-state index < -0.39 is 12.1 Å². The summed E-state index contributed by atoms with van der Waals surface area (Å²) in [6.45, 7) is 3.62. The van der Waals surface area contributed by atoms with Crippen molar-refractivity contribution in [1.29, 1.82) is 0 Å². The molecule has 1 N–H and O–H groups in total. The molecular weight excluding hydrogens is 198 g/mol. The number of likely N-dealkylation sites (N-methyl/N-ethyl adjacent to an activating group) is 1. The van der Waals surface area contributed by atoms with Gasteiger partial charge in [-0.3, -0.25) is 9.59 Å². The fraction of sp³-hybridized carbons (Fsp3) is 0.800. The summed E-state index contributed by atoms with van der Waals surface area (Å²) in [5.74, 6) is -0.575. The average molecular weight is 217 g/mol. The first-order chi connectivity index (χ1) is 6.97. The van der Waals surface area contributed by atoms with Crippen LogP contribution in [0.25, 0.3) is 0 Å². The van der Waals surface area contributed by atoms with Crippen LogP contribution in [0.4, 0.5) is 0 Å². The number of nitrogens with zero attached hydrogens (tertiary/aromatic N) is 1. The van der Waals surface area contributed by atoms with Crippen LogP contribution in [0.2, 0.25) is 0 Å². The van der Waals surface area contributed by atoms with E-state index >= 15 is 0 Å². The zero-order valence-corrected chi connectivity index (χ0v) is 9.52. The quantitative estimate of drug-likeness (QED) is 0.644. The van der Waals surface area contributed by atoms with Gasteiger partial charge in [0.05, 0.1) is 12.7 Å². The number of ether oxygens (including phenoxy) is 1. The van der Waals surface area contributed by atoms with Crippen molar-refractivity contribution in [1.82, 2.24) is 4.90 Å². The number of carbonyl (C=O) groups excluding carboxylic acids is 2. The molecule has 0 saturated carbocycles. The van der Waals surface area contributed by atoms with Crippen molar-refractivity contribution in [2.75, 3.05) is 20.2 Å². The van der Waals surface area contributed by atoms with Crippen molar-refractivity contribution < 1.29 is 19.4 Å². The second-order valence-electron chi connectivity index (χ2n) is 3.44. The third-order valence-corrected chi connectivity index (χ3v) is 1.87. The lowest BCUT2D eigenvalue weighted by molar-refractivity contribution is -0.148. The molecule has 15 heavy (non-hydrogen) atoms. The first-order valence-electron chi connectivity index (χ1n) is 5.05. The number of amides is 1. The maximum Gasteiger partial charge on any atom is 0.325 e. The first kappa shape index (κ1) is 13.9. The Kier molecular flexibility index (Phi) is 6.70. The molecule has 0 spiro atoms. The van der Waals surface area contributed by atoms with Gasteiger partial charge in [-0.2, -0.15) is 0 Å². The Hall–Kier alpha value is -1.10. The predicted molar refractivity (Wildman–Crippen MR) is 55.2 cm³/mol. The Labute approximate surface area is 90.0 Å². The zero-order valence-electron chi connectivity index (χ0n) is 9.52. The van der Waals surface area contributed by atoms with Crippen molar-refractivity contribution in [2.24, 2.45) is 0 Å². The third-order valence-electron chi connectivity index (χ3n) is 1.87. The van der Waals surface area contributed by atoms with Crippen molar-refractivity contribution in [3.05, 3.63) is 0 Å². The van der Waals surface area contributed by atoms with Crippen molar-refractivity contribution in [3.63, 3.8) is 0 Å². The molecule has 0 aliphatic carbocycles. The maximum atomic E-state index is 11.4. The molecule has 0 rings (SSSR count). The van der Waals surface area contributed by atoms with E-state index in [0.717, 1.165) is 0 Å². The van der Waals surface area contributed by atoms with E-state index in [1.807, 2.05) is 0 Å². The Balaban J connectivity index is 3.83. The van der Waals surface area contributed by atoms with Gasteiger partial charge in [0.25, 0.3) is 0 Å². The van der Waals surface area contributed by atoms with Gasteiger partial charge >= 0.3 is 5.97 Å². The highest BCUT2D eigenvalue weighted by Crippen LogP contribution is 1.99. The minimum Gasteiger partial charge on any atom is -0.465 e. The predicted octanol–water partition coefficient (Wildman–Crippen LogP) is 0.169. The van der Waals surface area contributed by atoms with Crippen molar-refractivity contribution in [3.8, 4) is 0 Å². The van der Waals surface area contributed by atoms with Crippen LogP contribution in [-0.4, -0.2) is 48.2 Å². The van der Waals surface area contributed by atoms with Crippen LogP contribution in [0.1, 0.15) is 26.7 Å². The molecule has 0 aliphatic heterocycles. The van der Waals surface area contributed by atoms with E-state index in [4.69, 9.17) is 9.84 Å². The molecule has 0 aromatic heterocycles. The third kappa shape index (κ3) is 6.90. The van der Waals surface area contributed by atoms with E-state index in [9.17, 15) is 9.59 Å². The number of carbonyl (C=O) groups is 2. The molecule has 0 radical (unpaired) electrons. The van der Waals surface area contributed by atoms with Crippen LogP contribution in [-0.2, 0) is 14.3 Å². The fourth-order valence-electron chi connectivity index (χ4n) is 1.01. The molecular formula is C10H19NO4. The molecule has 1 atom stereocenters. The average Bonchev–Trinajstić information content (AvgIpc) is 2.14. The number of hydrogen-bond acceptors (Lipinski definition) is 4. The van der Waals surface area contributed by atoms with Gasteiger partial charge in [0.1, 0.15) is 6.54 Å². The molecule has 0 aromatic carbocycles. The Bertz CT molecular complexity index is 215. The van der Waals surface area contributed by atoms with Gasteiger partial charge in [0.15, 0.2) is 0 Å². The van der Waals surface area contributed by atoms with Crippen LogP contribution in [0.5, 0.6) is 0 Å². The van der Waals surface area contributed by atoms with Gasteiger partial charge in [-0.25, -0.2) is 0 Å². The number of rotatable bonds is 6. The smallest absolute Gasteiger partial charge is 0.325 e. The summed E-state index contributed by atoms with van der Waals surface area (Å²) < 4.78 is 4.71. The molecule has 0 aromatic rings. The topological polar surface area (TPSA) is 66.8 Å². The van der Waals surface area contributed by atoms with E-state index in [1.165, 1.54) is 4.90 Å². The van der Waals surface area contributed by atoms with Gasteiger partial charge in [0.2, 0.25) is 5.91 Å². The van der Waals surface area contributed by atoms with E-state index in [-0.39, 0.29) is 18.9 Å². The highest BCUT2D eigenvalue weighted by molar-refractivity contribution is 5.81. The van der Waals surface area contributed by atoms with E-state index in [2.05, 4.69) is 0 Å². The molecule has 0 saturated heterocycles. The lowest BCUT2D eigenvalue weighted by Gasteiger charge is -2.16. The zero-order chi connectivity index (χ0) is 11.8. The Morgan fingerprint density at radius 1 is 1.47 bits per heavy atom. The lowest BCUT2D eigenvalue weighted by Crippen LogP contribution is -2.33. The summed E-state index contributed by atoms with van der Waals surface area (Å²) in [6.07, 6.45) is 0.157. The molecule has 88 valence electrons. The number of hydrogen-bond donors (Lipinski definition) is 1. The second-order valence-corrected chi connectivity index (χ2v) is 3.44. The summed E-state index contributed by atoms with van der Waals surface area (Å²) in [7, 11) is 1.54. The van der Waals surface area contributed by atoms with Gasteiger partial charge in [-0.15, -0.1) is 0 Å². The maximum absolute atomic E-state index is 11.4. The van der Waals surface area contributed by atoms with Gasteiger partial charge in [-0.1, -0.05) is 0 Å². The molecule has 5 heteroatoms. The van der Waals surface area contributed by atoms with Gasteiger partial charge in [0, 0.05) is 13.5 Å². The van der Waals surface area contributed by atoms with E-state index in [0.29, 0.717) is 13.0 Å². The Morgan fingerprint density at radius 3 is 2.53 bits per heavy atom. The van der Waals surface area contributed by atoms with Crippen LogP contribution in [0.3, 0.4) is 0 Å². The molecule has 0 aliphatic rings. The van der Waals surface area contributed by atoms with Crippen molar-refractivity contribution >= 4 is 11.9 Å². The summed E-state index contributed by atoms with van der Waals surface area (Å²) >= 11 is 0. The normalized spacial score (nSPS) is 12.0. The number of esters is 1. The fourth-order valence-corrected chi connectivity index (χ4v) is 1.01. The van der Waals surface area contributed by atoms with Crippen LogP contribution >= 0.6 is 0 Å². The van der Waals surface area contributed by atoms with Gasteiger partial charge < -0.3 is 14.7 Å². The Morgan fingerprint density at radius 2 is 2.07 bits per heavy atom. The standard InChI is InChI=1S/C10H19NO4/c1-4-15-10(14)7-11(3)9(13)6-5-8(2)12/h8,12H,4-7H2,1-3H3. The van der Waals surface area contributed by atoms with Crippen molar-refractivity contribution in [2.45, 2.75) is 32.8 Å². The van der Waals surface area contributed by atoms with Crippen LogP contribution < -0.4 is 0 Å². The minimum atomic E-state index is -0.495. The van der Waals surface area contributed by atoms with Crippen LogP contribution in [0.15, 0.2) is 0 Å². The highest BCUT2D eigenvalue weighted by Gasteiger charge is 2.13. The lowest BCUT2D eigenvalue weighted by atomic mass is 10.2. The largest absolute Gasteiger partial charge is 0.465 e. The molecule has 0 heterocycles. The molecule has 1 amide bonds. The molecule has 5 nitrogen and oxygen atoms in total. The summed E-state index contributed by atoms with van der Waals surface area (Å²) in [4.78, 5) is 23.7. The van der Waals surface area contributed by atoms with Gasteiger partial charge in [-0.05, 0) is 20.3 Å². The highest BCUT2D eigenvalue weighted by atomic mass is 16.5. The molecule has 0 fully saturated rings. The van der Waals surface area contributed by atoms with E-state index in [1.54, 1.807) is 20.9 Å². The molecule has 0 bridgehead atoms. The molecule has 1 unspecified atom stereocenters. The summed E-state index contributed by atoms with van der Waals surface area (Å²) in [5.41, 5.74) is 0. The number of aliphatic hydroxyl groups excluding tert-OH is 1. The summed E-state index contributed by atoms with van der Waals surface area (Å²) in [5, 5.41) is 8.99. The first-order valence-corrected chi connectivity index (χ1v) is 5.05. The monoisotopic (exact) mass is 217 g/mol.